The average molecular weight is 1130 g/mol. The number of carbonyl (C=O) groups excluding carboxylic acids is 2. The SMILES string of the molecule is CC/C=C/C=C/C=C/C=C\CCCCCCCC(=O)OC1C(OCC(NC(=O)C(O)CCCCCCCCCC/C=C\C/C=C\C/C=C\C/C=C\CCCCC)C(O)/C=C/CCCCCCCCCCCCC)OC(CO)C(O)C1O. The van der Waals surface area contributed by atoms with Crippen molar-refractivity contribution in [2.45, 2.75) is 307 Å². The van der Waals surface area contributed by atoms with Crippen LogP contribution in [0.3, 0.4) is 0 Å². The van der Waals surface area contributed by atoms with E-state index in [1.165, 1.54) is 103 Å². The van der Waals surface area contributed by atoms with Crippen LogP contribution in [0.15, 0.2) is 109 Å². The molecule has 0 spiro atoms. The van der Waals surface area contributed by atoms with E-state index in [1.807, 2.05) is 42.5 Å². The summed E-state index contributed by atoms with van der Waals surface area (Å²) in [7, 11) is 0. The fourth-order valence-corrected chi connectivity index (χ4v) is 9.59. The number of carbonyl (C=O) groups is 2. The maximum atomic E-state index is 13.5. The molecule has 8 unspecified atom stereocenters. The van der Waals surface area contributed by atoms with E-state index in [0.717, 1.165) is 109 Å². The van der Waals surface area contributed by atoms with Gasteiger partial charge in [0.05, 0.1) is 25.4 Å². The Labute approximate surface area is 494 Å². The van der Waals surface area contributed by atoms with Crippen molar-refractivity contribution in [1.29, 1.82) is 0 Å². The van der Waals surface area contributed by atoms with E-state index >= 15 is 0 Å². The van der Waals surface area contributed by atoms with Crippen molar-refractivity contribution < 1.29 is 49.3 Å². The molecule has 464 valence electrons. The summed E-state index contributed by atoms with van der Waals surface area (Å²) in [5.74, 6) is -1.23. The molecule has 1 saturated heterocycles. The van der Waals surface area contributed by atoms with Crippen LogP contribution in [0.2, 0.25) is 0 Å². The lowest BCUT2D eigenvalue weighted by molar-refractivity contribution is -0.305. The molecule has 0 aliphatic carbocycles. The molecule has 1 rings (SSSR count). The molecule has 1 amide bonds. The maximum absolute atomic E-state index is 13.5. The summed E-state index contributed by atoms with van der Waals surface area (Å²) < 4.78 is 17.6. The molecular weight excluding hydrogens is 1010 g/mol. The normalized spacial score (nSPS) is 19.4. The van der Waals surface area contributed by atoms with Gasteiger partial charge in [-0.05, 0) is 89.9 Å². The standard InChI is InChI=1S/C70H119NO10/c1-4-7-10-13-16-19-22-25-27-28-29-30-31-32-33-34-35-37-39-42-45-48-51-54-57-63(74)69(78)71-61(62(73)56-53-50-47-44-41-38-24-21-18-15-12-9-6-3)60-79-70-68(67(77)66(76)64(59-72)80-70)81-65(75)58-55-52-49-46-43-40-36-26-23-20-17-14-11-8-5-2/h8,11,14,16-17,19-20,23,25-27,29-30,32-33,36,53,56,61-64,66-68,70,72-74,76-77H,4-7,9-10,12-13,15,18,21-22,24,28,31,34-35,37-52,54-55,57-60H2,1-3H3,(H,71,78)/b11-8+,17-14+,19-16-,23-20+,27-25-,30-29-,33-32-,36-26-,56-53+. The van der Waals surface area contributed by atoms with E-state index in [2.05, 4.69) is 86.8 Å². The van der Waals surface area contributed by atoms with Crippen LogP contribution in [0.25, 0.3) is 0 Å². The number of nitrogens with one attached hydrogen (secondary N) is 1. The number of esters is 1. The Morgan fingerprint density at radius 3 is 1.47 bits per heavy atom. The smallest absolute Gasteiger partial charge is 0.306 e. The first kappa shape index (κ1) is 75.3. The Kier molecular flexibility index (Phi) is 52.8. The third-order valence-electron chi connectivity index (χ3n) is 14.8. The number of rotatable bonds is 54. The molecule has 8 atom stereocenters. The molecule has 1 aliphatic heterocycles. The Morgan fingerprint density at radius 1 is 0.506 bits per heavy atom. The van der Waals surface area contributed by atoms with Crippen molar-refractivity contribution in [1.82, 2.24) is 5.32 Å². The zero-order chi connectivity index (χ0) is 58.9. The highest BCUT2D eigenvalue weighted by Gasteiger charge is 2.47. The monoisotopic (exact) mass is 1130 g/mol. The summed E-state index contributed by atoms with van der Waals surface area (Å²) in [6, 6.07) is -1.04. The lowest BCUT2D eigenvalue weighted by Gasteiger charge is -2.41. The van der Waals surface area contributed by atoms with Gasteiger partial charge >= 0.3 is 5.97 Å². The average Bonchev–Trinajstić information content (AvgIpc) is 3.53. The first-order valence-electron chi connectivity index (χ1n) is 32.7. The highest BCUT2D eigenvalue weighted by Crippen LogP contribution is 2.26. The summed E-state index contributed by atoms with van der Waals surface area (Å²) in [6.45, 7) is 5.61. The minimum Gasteiger partial charge on any atom is -0.454 e. The van der Waals surface area contributed by atoms with E-state index < -0.39 is 67.4 Å². The van der Waals surface area contributed by atoms with Crippen LogP contribution in [-0.4, -0.2) is 99.6 Å². The highest BCUT2D eigenvalue weighted by molar-refractivity contribution is 5.80. The van der Waals surface area contributed by atoms with Gasteiger partial charge in [-0.25, -0.2) is 0 Å². The van der Waals surface area contributed by atoms with Crippen LogP contribution < -0.4 is 5.32 Å². The van der Waals surface area contributed by atoms with Gasteiger partial charge < -0.3 is 45.1 Å². The second kappa shape index (κ2) is 56.8. The van der Waals surface area contributed by atoms with Crippen LogP contribution in [-0.2, 0) is 23.8 Å². The van der Waals surface area contributed by atoms with Crippen molar-refractivity contribution in [3.8, 4) is 0 Å². The summed E-state index contributed by atoms with van der Waals surface area (Å²) in [5.41, 5.74) is 0. The fraction of sp³-hybridized carbons (Fsp3) is 0.714. The van der Waals surface area contributed by atoms with Gasteiger partial charge in [-0.2, -0.15) is 0 Å². The minimum atomic E-state index is -1.63. The number of aliphatic hydroxyl groups excluding tert-OH is 5. The predicted molar refractivity (Wildman–Crippen MR) is 338 cm³/mol. The zero-order valence-corrected chi connectivity index (χ0v) is 51.4. The topological polar surface area (TPSA) is 175 Å². The number of aliphatic hydroxyl groups is 5. The highest BCUT2D eigenvalue weighted by atomic mass is 16.7. The van der Waals surface area contributed by atoms with Crippen molar-refractivity contribution >= 4 is 11.9 Å². The van der Waals surface area contributed by atoms with Gasteiger partial charge in [-0.3, -0.25) is 9.59 Å². The van der Waals surface area contributed by atoms with E-state index in [0.29, 0.717) is 12.8 Å². The molecule has 1 heterocycles. The number of unbranched alkanes of at least 4 members (excludes halogenated alkanes) is 27. The zero-order valence-electron chi connectivity index (χ0n) is 51.4. The molecule has 81 heavy (non-hydrogen) atoms. The Hall–Kier alpha value is -3.68. The molecule has 0 bridgehead atoms. The van der Waals surface area contributed by atoms with Crippen LogP contribution in [0.1, 0.15) is 258 Å². The molecule has 0 radical (unpaired) electrons. The largest absolute Gasteiger partial charge is 0.454 e. The van der Waals surface area contributed by atoms with Crippen molar-refractivity contribution in [3.05, 3.63) is 109 Å². The number of ether oxygens (including phenoxy) is 3. The maximum Gasteiger partial charge on any atom is 0.306 e. The summed E-state index contributed by atoms with van der Waals surface area (Å²) in [6.07, 6.45) is 66.9. The van der Waals surface area contributed by atoms with E-state index in [1.54, 1.807) is 6.08 Å². The van der Waals surface area contributed by atoms with E-state index in [-0.39, 0.29) is 19.4 Å². The molecular formula is C70H119NO10. The van der Waals surface area contributed by atoms with Gasteiger partial charge in [0.15, 0.2) is 12.4 Å². The molecule has 0 aromatic rings. The lowest BCUT2D eigenvalue weighted by atomic mass is 9.99. The first-order chi connectivity index (χ1) is 39.7. The van der Waals surface area contributed by atoms with Crippen LogP contribution >= 0.6 is 0 Å². The Bertz CT molecular complexity index is 1730. The van der Waals surface area contributed by atoms with Gasteiger partial charge in [0, 0.05) is 6.42 Å². The fourth-order valence-electron chi connectivity index (χ4n) is 9.59. The second-order valence-electron chi connectivity index (χ2n) is 22.2. The third kappa shape index (κ3) is 44.5. The number of allylic oxidation sites excluding steroid dienone is 17. The molecule has 11 nitrogen and oxygen atoms in total. The third-order valence-corrected chi connectivity index (χ3v) is 14.8. The Balaban J connectivity index is 2.66. The van der Waals surface area contributed by atoms with Gasteiger partial charge in [0.25, 0.3) is 0 Å². The second-order valence-corrected chi connectivity index (χ2v) is 22.2. The minimum absolute atomic E-state index is 0.0914. The quantitative estimate of drug-likeness (QED) is 0.0149. The number of amides is 1. The summed E-state index contributed by atoms with van der Waals surface area (Å²) in [5, 5.41) is 57.1. The number of hydrogen-bond acceptors (Lipinski definition) is 10. The van der Waals surface area contributed by atoms with Gasteiger partial charge in [-0.1, -0.05) is 271 Å². The molecule has 1 fully saturated rings. The summed E-state index contributed by atoms with van der Waals surface area (Å²) in [4.78, 5) is 26.6. The van der Waals surface area contributed by atoms with Crippen LogP contribution in [0, 0.1) is 0 Å². The Morgan fingerprint density at radius 2 is 0.938 bits per heavy atom. The van der Waals surface area contributed by atoms with Crippen molar-refractivity contribution in [2.75, 3.05) is 13.2 Å². The lowest BCUT2D eigenvalue weighted by Crippen LogP contribution is -2.61. The number of hydrogen-bond donors (Lipinski definition) is 6. The predicted octanol–water partition coefficient (Wildman–Crippen LogP) is 16.1. The van der Waals surface area contributed by atoms with Crippen LogP contribution in [0.4, 0.5) is 0 Å². The molecule has 0 aromatic carbocycles. The molecule has 1 aliphatic rings. The van der Waals surface area contributed by atoms with Gasteiger partial charge in [0.2, 0.25) is 5.91 Å². The van der Waals surface area contributed by atoms with Crippen LogP contribution in [0.5, 0.6) is 0 Å². The van der Waals surface area contributed by atoms with Crippen molar-refractivity contribution in [3.63, 3.8) is 0 Å². The molecule has 11 heteroatoms. The van der Waals surface area contributed by atoms with Gasteiger partial charge in [-0.15, -0.1) is 0 Å². The van der Waals surface area contributed by atoms with E-state index in [4.69, 9.17) is 14.2 Å². The van der Waals surface area contributed by atoms with Gasteiger partial charge in [0.1, 0.15) is 24.4 Å². The van der Waals surface area contributed by atoms with E-state index in [9.17, 15) is 35.1 Å². The molecule has 0 saturated carbocycles. The van der Waals surface area contributed by atoms with Crippen molar-refractivity contribution in [2.24, 2.45) is 0 Å². The molecule has 0 aromatic heterocycles. The first-order valence-corrected chi connectivity index (χ1v) is 32.7. The summed E-state index contributed by atoms with van der Waals surface area (Å²) >= 11 is 0. The molecule has 6 N–H and O–H groups in total.